The molecule has 2 aromatic heterocycles. The maximum atomic E-state index is 11.5. The van der Waals surface area contributed by atoms with Gasteiger partial charge in [0, 0.05) is 10.8 Å². The third-order valence-electron chi connectivity index (χ3n) is 2.12. The Morgan fingerprint density at radius 3 is 1.73 bits per heavy atom. The molecule has 6 nitrogen and oxygen atoms in total. The molecule has 0 saturated carbocycles. The van der Waals surface area contributed by atoms with Gasteiger partial charge >= 0.3 is 11.9 Å². The zero-order valence-corrected chi connectivity index (χ0v) is 15.0. The molecule has 2 heterocycles. The van der Waals surface area contributed by atoms with Crippen LogP contribution in [0.3, 0.4) is 0 Å². The molecule has 0 aromatic carbocycles. The summed E-state index contributed by atoms with van der Waals surface area (Å²) in [4.78, 5) is 31.4. The van der Waals surface area contributed by atoms with Gasteiger partial charge in [0.25, 0.3) is 0 Å². The molecule has 0 unspecified atom stereocenters. The average Bonchev–Trinajstić information content (AvgIpc) is 3.15. The Labute approximate surface area is 143 Å². The fourth-order valence-corrected chi connectivity index (χ4v) is 5.27. The van der Waals surface area contributed by atoms with Crippen LogP contribution in [0.25, 0.3) is 0 Å². The minimum atomic E-state index is -0.422. The van der Waals surface area contributed by atoms with E-state index < -0.39 is 11.9 Å². The van der Waals surface area contributed by atoms with Crippen molar-refractivity contribution < 1.29 is 19.1 Å². The molecule has 0 aliphatic carbocycles. The third-order valence-corrected chi connectivity index (χ3v) is 6.85. The first-order chi connectivity index (χ1) is 10.6. The summed E-state index contributed by atoms with van der Waals surface area (Å²) in [6.07, 6.45) is 0. The second-order valence-electron chi connectivity index (χ2n) is 3.60. The van der Waals surface area contributed by atoms with Gasteiger partial charge in [-0.2, -0.15) is 0 Å². The van der Waals surface area contributed by atoms with Crippen LogP contribution in [0.5, 0.6) is 0 Å². The molecule has 0 spiro atoms. The minimum absolute atomic E-state index is 0.307. The van der Waals surface area contributed by atoms with Crippen LogP contribution in [0.4, 0.5) is 0 Å². The maximum absolute atomic E-state index is 11.5. The number of hydrogen-bond donors (Lipinski definition) is 0. The number of ether oxygens (including phenoxy) is 2. The van der Waals surface area contributed by atoms with Crippen LogP contribution >= 0.6 is 44.3 Å². The number of nitrogens with zero attached hydrogens (tertiary/aromatic N) is 2. The van der Waals surface area contributed by atoms with Crippen LogP contribution in [0.2, 0.25) is 0 Å². The first-order valence-electron chi connectivity index (χ1n) is 6.23. The lowest BCUT2D eigenvalue weighted by Crippen LogP contribution is -2.04. The number of rotatable bonds is 7. The number of thiazole rings is 2. The quantitative estimate of drug-likeness (QED) is 0.534. The maximum Gasteiger partial charge on any atom is 0.357 e. The molecule has 0 amide bonds. The van der Waals surface area contributed by atoms with Crippen molar-refractivity contribution in [2.75, 3.05) is 13.2 Å². The van der Waals surface area contributed by atoms with Crippen LogP contribution in [0.1, 0.15) is 34.8 Å². The Balaban J connectivity index is 1.90. The van der Waals surface area contributed by atoms with E-state index in [-0.39, 0.29) is 0 Å². The average molecular weight is 377 g/mol. The Kier molecular flexibility index (Phi) is 6.68. The summed E-state index contributed by atoms with van der Waals surface area (Å²) in [6, 6.07) is 0. The van der Waals surface area contributed by atoms with E-state index in [4.69, 9.17) is 9.47 Å². The Morgan fingerprint density at radius 1 is 0.955 bits per heavy atom. The van der Waals surface area contributed by atoms with E-state index in [0.717, 1.165) is 8.68 Å². The largest absolute Gasteiger partial charge is 0.461 e. The highest BCUT2D eigenvalue weighted by Gasteiger charge is 2.15. The fourth-order valence-electron chi connectivity index (χ4n) is 1.26. The van der Waals surface area contributed by atoms with Crippen molar-refractivity contribution >= 4 is 56.2 Å². The van der Waals surface area contributed by atoms with Gasteiger partial charge in [0.1, 0.15) is 0 Å². The molecular weight excluding hydrogens is 364 g/mol. The summed E-state index contributed by atoms with van der Waals surface area (Å²) < 4.78 is 11.2. The van der Waals surface area contributed by atoms with E-state index in [1.165, 1.54) is 44.3 Å². The zero-order valence-electron chi connectivity index (χ0n) is 11.7. The lowest BCUT2D eigenvalue weighted by atomic mass is 10.5. The summed E-state index contributed by atoms with van der Waals surface area (Å²) in [6.45, 7) is 4.14. The van der Waals surface area contributed by atoms with Crippen molar-refractivity contribution in [1.29, 1.82) is 0 Å². The smallest absolute Gasteiger partial charge is 0.357 e. The number of carbonyl (C=O) groups excluding carboxylic acids is 2. The second-order valence-corrected chi connectivity index (χ2v) is 7.94. The lowest BCUT2D eigenvalue weighted by molar-refractivity contribution is 0.0510. The molecule has 118 valence electrons. The van der Waals surface area contributed by atoms with Crippen LogP contribution < -0.4 is 0 Å². The SMILES string of the molecule is CCOC(=O)c1csc(SSc2nc(C(=O)OCC)cs2)n1. The predicted molar refractivity (Wildman–Crippen MR) is 87.9 cm³/mol. The number of esters is 2. The highest BCUT2D eigenvalue weighted by Crippen LogP contribution is 2.40. The standard InChI is InChI=1S/C12H12N2O4S4/c1-3-17-9(15)7-5-19-11(13-7)21-22-12-14-8(6-20-12)10(16)18-4-2/h5-6H,3-4H2,1-2H3. The second kappa shape index (κ2) is 8.51. The number of aromatic nitrogens is 2. The molecule has 0 radical (unpaired) electrons. The molecule has 0 bridgehead atoms. The van der Waals surface area contributed by atoms with Gasteiger partial charge in [0.15, 0.2) is 20.1 Å². The fraction of sp³-hybridized carbons (Fsp3) is 0.333. The topological polar surface area (TPSA) is 78.4 Å². The monoisotopic (exact) mass is 376 g/mol. The van der Waals surface area contributed by atoms with E-state index in [0.29, 0.717) is 24.6 Å². The van der Waals surface area contributed by atoms with Gasteiger partial charge in [-0.05, 0) is 35.4 Å². The Hall–Kier alpha value is -1.10. The van der Waals surface area contributed by atoms with Crippen molar-refractivity contribution in [2.24, 2.45) is 0 Å². The van der Waals surface area contributed by atoms with E-state index >= 15 is 0 Å². The van der Waals surface area contributed by atoms with E-state index in [1.807, 2.05) is 0 Å². The first-order valence-corrected chi connectivity index (χ1v) is 10.1. The van der Waals surface area contributed by atoms with Crippen molar-refractivity contribution in [3.05, 3.63) is 22.1 Å². The van der Waals surface area contributed by atoms with Crippen LogP contribution in [0.15, 0.2) is 19.4 Å². The van der Waals surface area contributed by atoms with Crippen LogP contribution in [-0.4, -0.2) is 35.1 Å². The van der Waals surface area contributed by atoms with E-state index in [9.17, 15) is 9.59 Å². The molecule has 2 rings (SSSR count). The van der Waals surface area contributed by atoms with Gasteiger partial charge in [-0.3, -0.25) is 0 Å². The van der Waals surface area contributed by atoms with Gasteiger partial charge in [0.05, 0.1) is 13.2 Å². The zero-order chi connectivity index (χ0) is 15.9. The molecule has 22 heavy (non-hydrogen) atoms. The van der Waals surface area contributed by atoms with Crippen molar-refractivity contribution in [2.45, 2.75) is 22.5 Å². The molecular formula is C12H12N2O4S4. The van der Waals surface area contributed by atoms with Crippen molar-refractivity contribution in [3.8, 4) is 0 Å². The number of hydrogen-bond acceptors (Lipinski definition) is 10. The Bertz CT molecular complexity index is 599. The number of carbonyl (C=O) groups is 2. The summed E-state index contributed by atoms with van der Waals surface area (Å²) in [7, 11) is 2.76. The van der Waals surface area contributed by atoms with Gasteiger partial charge in [0.2, 0.25) is 0 Å². The van der Waals surface area contributed by atoms with Gasteiger partial charge < -0.3 is 9.47 Å². The van der Waals surface area contributed by atoms with Gasteiger partial charge in [-0.15, -0.1) is 22.7 Å². The summed E-state index contributed by atoms with van der Waals surface area (Å²) in [5, 5.41) is 3.32. The van der Waals surface area contributed by atoms with E-state index in [1.54, 1.807) is 24.6 Å². The molecule has 0 fully saturated rings. The lowest BCUT2D eigenvalue weighted by Gasteiger charge is -1.96. The summed E-state index contributed by atoms with van der Waals surface area (Å²) in [5.74, 6) is -0.844. The van der Waals surface area contributed by atoms with Crippen LogP contribution in [-0.2, 0) is 9.47 Å². The highest BCUT2D eigenvalue weighted by molar-refractivity contribution is 8.77. The first kappa shape index (κ1) is 17.3. The highest BCUT2D eigenvalue weighted by atomic mass is 33.1. The summed E-state index contributed by atoms with van der Waals surface area (Å²) >= 11 is 2.72. The normalized spacial score (nSPS) is 10.5. The van der Waals surface area contributed by atoms with E-state index in [2.05, 4.69) is 9.97 Å². The predicted octanol–water partition coefficient (Wildman–Crippen LogP) is 3.75. The molecule has 0 N–H and O–H groups in total. The molecule has 0 aliphatic heterocycles. The van der Waals surface area contributed by atoms with Gasteiger partial charge in [-0.1, -0.05) is 0 Å². The molecule has 0 atom stereocenters. The van der Waals surface area contributed by atoms with Gasteiger partial charge in [-0.25, -0.2) is 19.6 Å². The molecule has 0 saturated heterocycles. The van der Waals surface area contributed by atoms with Crippen LogP contribution in [0, 0.1) is 0 Å². The molecule has 2 aromatic rings. The summed E-state index contributed by atoms with van der Waals surface area (Å²) in [5.41, 5.74) is 0.614. The third kappa shape index (κ3) is 4.70. The van der Waals surface area contributed by atoms with Crippen molar-refractivity contribution in [3.63, 3.8) is 0 Å². The Morgan fingerprint density at radius 2 is 1.36 bits per heavy atom. The van der Waals surface area contributed by atoms with Crippen molar-refractivity contribution in [1.82, 2.24) is 9.97 Å². The minimum Gasteiger partial charge on any atom is -0.461 e. The molecule has 0 aliphatic rings. The molecule has 10 heteroatoms.